The van der Waals surface area contributed by atoms with Gasteiger partial charge in [0.1, 0.15) is 0 Å². The Labute approximate surface area is 115 Å². The fraction of sp³-hybridized carbons (Fsp3) is 0.562. The first kappa shape index (κ1) is 14.1. The molecule has 0 spiro atoms. The van der Waals surface area contributed by atoms with Gasteiger partial charge in [0.15, 0.2) is 0 Å². The number of nitrogens with two attached hydrogens (primary N) is 1. The van der Waals surface area contributed by atoms with Crippen LogP contribution in [0.15, 0.2) is 30.3 Å². The molecule has 1 aromatic rings. The molecule has 1 fully saturated rings. The Morgan fingerprint density at radius 3 is 2.63 bits per heavy atom. The number of carbonyl (C=O) groups is 1. The van der Waals surface area contributed by atoms with E-state index in [2.05, 4.69) is 11.8 Å². The number of carbonyl (C=O) groups excluding carboxylic acids is 1. The summed E-state index contributed by atoms with van der Waals surface area (Å²) in [6, 6.07) is 10.5. The summed E-state index contributed by atoms with van der Waals surface area (Å²) in [5.74, 6) is 0.274. The highest BCUT2D eigenvalue weighted by Crippen LogP contribution is 2.28. The van der Waals surface area contributed by atoms with Crippen LogP contribution in [0.4, 0.5) is 0 Å². The first-order valence-electron chi connectivity index (χ1n) is 7.32. The van der Waals surface area contributed by atoms with Crippen molar-refractivity contribution >= 4 is 5.91 Å². The number of benzene rings is 1. The van der Waals surface area contributed by atoms with Gasteiger partial charge in [-0.3, -0.25) is 4.79 Å². The third-order valence-corrected chi connectivity index (χ3v) is 3.67. The Kier molecular flexibility index (Phi) is 4.97. The van der Waals surface area contributed by atoms with Crippen LogP contribution in [0.3, 0.4) is 0 Å². The lowest BCUT2D eigenvalue weighted by Crippen LogP contribution is -2.34. The molecule has 1 aliphatic carbocycles. The summed E-state index contributed by atoms with van der Waals surface area (Å²) in [5.41, 5.74) is 7.25. The maximum atomic E-state index is 12.2. The van der Waals surface area contributed by atoms with Crippen molar-refractivity contribution < 1.29 is 4.79 Å². The molecule has 19 heavy (non-hydrogen) atoms. The van der Waals surface area contributed by atoms with Crippen molar-refractivity contribution in [1.82, 2.24) is 4.90 Å². The van der Waals surface area contributed by atoms with Crippen LogP contribution in [0.2, 0.25) is 0 Å². The summed E-state index contributed by atoms with van der Waals surface area (Å²) in [4.78, 5) is 14.3. The summed E-state index contributed by atoms with van der Waals surface area (Å²) in [6.07, 6.45) is 4.68. The first-order chi connectivity index (χ1) is 9.22. The monoisotopic (exact) mass is 260 g/mol. The zero-order valence-corrected chi connectivity index (χ0v) is 11.7. The van der Waals surface area contributed by atoms with E-state index in [9.17, 15) is 4.79 Å². The molecule has 1 aromatic carbocycles. The standard InChI is InChI=1S/C16H24N2O/c1-2-12-18(14-8-9-14)16(19)11-10-15(17)13-6-4-3-5-7-13/h3-7,14-15H,2,8-12,17H2,1H3. The molecule has 1 amide bonds. The van der Waals surface area contributed by atoms with Gasteiger partial charge in [-0.15, -0.1) is 0 Å². The van der Waals surface area contributed by atoms with Crippen LogP contribution in [0.25, 0.3) is 0 Å². The zero-order valence-electron chi connectivity index (χ0n) is 11.7. The first-order valence-corrected chi connectivity index (χ1v) is 7.32. The van der Waals surface area contributed by atoms with Gasteiger partial charge >= 0.3 is 0 Å². The predicted molar refractivity (Wildman–Crippen MR) is 77.6 cm³/mol. The number of rotatable bonds is 7. The van der Waals surface area contributed by atoms with Crippen molar-refractivity contribution in [3.8, 4) is 0 Å². The van der Waals surface area contributed by atoms with E-state index in [1.54, 1.807) is 0 Å². The number of nitrogens with zero attached hydrogens (tertiary/aromatic N) is 1. The summed E-state index contributed by atoms with van der Waals surface area (Å²) in [7, 11) is 0. The molecule has 2 N–H and O–H groups in total. The molecule has 0 aliphatic heterocycles. The van der Waals surface area contributed by atoms with E-state index in [4.69, 9.17) is 5.73 Å². The average Bonchev–Trinajstić information content (AvgIpc) is 3.27. The van der Waals surface area contributed by atoms with E-state index in [1.807, 2.05) is 30.3 Å². The fourth-order valence-corrected chi connectivity index (χ4v) is 2.43. The van der Waals surface area contributed by atoms with E-state index in [1.165, 1.54) is 12.8 Å². The van der Waals surface area contributed by atoms with Gasteiger partial charge in [0.05, 0.1) is 0 Å². The van der Waals surface area contributed by atoms with E-state index >= 15 is 0 Å². The van der Waals surface area contributed by atoms with Crippen LogP contribution in [0, 0.1) is 0 Å². The van der Waals surface area contributed by atoms with Gasteiger partial charge in [-0.1, -0.05) is 37.3 Å². The minimum atomic E-state index is -0.0344. The third-order valence-electron chi connectivity index (χ3n) is 3.67. The second kappa shape index (κ2) is 6.71. The zero-order chi connectivity index (χ0) is 13.7. The lowest BCUT2D eigenvalue weighted by molar-refractivity contribution is -0.132. The molecule has 0 heterocycles. The van der Waals surface area contributed by atoms with Gasteiger partial charge in [0.2, 0.25) is 5.91 Å². The van der Waals surface area contributed by atoms with Crippen LogP contribution in [0.5, 0.6) is 0 Å². The van der Waals surface area contributed by atoms with Crippen molar-refractivity contribution in [3.05, 3.63) is 35.9 Å². The molecule has 3 nitrogen and oxygen atoms in total. The summed E-state index contributed by atoms with van der Waals surface area (Å²) in [6.45, 7) is 3.02. The van der Waals surface area contributed by atoms with E-state index in [-0.39, 0.29) is 11.9 Å². The van der Waals surface area contributed by atoms with Gasteiger partial charge in [-0.2, -0.15) is 0 Å². The summed E-state index contributed by atoms with van der Waals surface area (Å²) >= 11 is 0. The fourth-order valence-electron chi connectivity index (χ4n) is 2.43. The second-order valence-electron chi connectivity index (χ2n) is 5.37. The van der Waals surface area contributed by atoms with Crippen LogP contribution < -0.4 is 5.73 Å². The lowest BCUT2D eigenvalue weighted by Gasteiger charge is -2.22. The molecule has 3 heteroatoms. The van der Waals surface area contributed by atoms with Crippen molar-refractivity contribution in [1.29, 1.82) is 0 Å². The molecule has 1 saturated carbocycles. The quantitative estimate of drug-likeness (QED) is 0.819. The highest BCUT2D eigenvalue weighted by molar-refractivity contribution is 5.76. The Morgan fingerprint density at radius 1 is 1.37 bits per heavy atom. The molecule has 0 radical (unpaired) electrons. The van der Waals surface area contributed by atoms with E-state index in [0.717, 1.165) is 24.9 Å². The molecule has 104 valence electrons. The van der Waals surface area contributed by atoms with E-state index in [0.29, 0.717) is 12.5 Å². The van der Waals surface area contributed by atoms with Crippen molar-refractivity contribution in [2.24, 2.45) is 5.73 Å². The van der Waals surface area contributed by atoms with Gasteiger partial charge in [0, 0.05) is 25.0 Å². The Morgan fingerprint density at radius 2 is 2.05 bits per heavy atom. The predicted octanol–water partition coefficient (Wildman–Crippen LogP) is 2.87. The SMILES string of the molecule is CCCN(C(=O)CCC(N)c1ccccc1)C1CC1. The van der Waals surface area contributed by atoms with Crippen molar-refractivity contribution in [3.63, 3.8) is 0 Å². The number of amides is 1. The minimum Gasteiger partial charge on any atom is -0.340 e. The highest BCUT2D eigenvalue weighted by Gasteiger charge is 2.31. The average molecular weight is 260 g/mol. The minimum absolute atomic E-state index is 0.0344. The van der Waals surface area contributed by atoms with Gasteiger partial charge < -0.3 is 10.6 Å². The Balaban J connectivity index is 1.82. The second-order valence-corrected chi connectivity index (χ2v) is 5.37. The molecular formula is C16H24N2O. The molecule has 0 aromatic heterocycles. The van der Waals surface area contributed by atoms with Crippen LogP contribution in [0.1, 0.15) is 50.6 Å². The van der Waals surface area contributed by atoms with E-state index < -0.39 is 0 Å². The van der Waals surface area contributed by atoms with Crippen LogP contribution in [-0.4, -0.2) is 23.4 Å². The molecule has 0 bridgehead atoms. The largest absolute Gasteiger partial charge is 0.340 e. The Hall–Kier alpha value is -1.35. The Bertz CT molecular complexity index is 400. The summed E-state index contributed by atoms with van der Waals surface area (Å²) < 4.78 is 0. The van der Waals surface area contributed by atoms with Crippen molar-refractivity contribution in [2.75, 3.05) is 6.54 Å². The topological polar surface area (TPSA) is 46.3 Å². The van der Waals surface area contributed by atoms with Crippen molar-refractivity contribution in [2.45, 2.75) is 51.1 Å². The van der Waals surface area contributed by atoms with Gasteiger partial charge in [-0.25, -0.2) is 0 Å². The van der Waals surface area contributed by atoms with Crippen LogP contribution >= 0.6 is 0 Å². The smallest absolute Gasteiger partial charge is 0.222 e. The molecule has 2 rings (SSSR count). The summed E-state index contributed by atoms with van der Waals surface area (Å²) in [5, 5.41) is 0. The maximum absolute atomic E-state index is 12.2. The third kappa shape index (κ3) is 4.06. The highest BCUT2D eigenvalue weighted by atomic mass is 16.2. The molecule has 1 unspecified atom stereocenters. The lowest BCUT2D eigenvalue weighted by atomic mass is 10.0. The maximum Gasteiger partial charge on any atom is 0.222 e. The molecule has 1 aliphatic rings. The molecule has 0 saturated heterocycles. The van der Waals surface area contributed by atoms with Gasteiger partial charge in [-0.05, 0) is 31.2 Å². The normalized spacial score (nSPS) is 16.1. The number of hydrogen-bond donors (Lipinski definition) is 1. The van der Waals surface area contributed by atoms with Crippen LogP contribution in [-0.2, 0) is 4.79 Å². The molecule has 1 atom stereocenters. The molecular weight excluding hydrogens is 236 g/mol. The number of hydrogen-bond acceptors (Lipinski definition) is 2. The van der Waals surface area contributed by atoms with Gasteiger partial charge in [0.25, 0.3) is 0 Å².